The number of imidazole rings is 1. The predicted octanol–water partition coefficient (Wildman–Crippen LogP) is 4.49. The van der Waals surface area contributed by atoms with Crippen molar-refractivity contribution in [2.75, 3.05) is 70.2 Å². The van der Waals surface area contributed by atoms with Crippen molar-refractivity contribution in [3.63, 3.8) is 0 Å². The number of nitrogens with one attached hydrogen (secondary N) is 2. The molecule has 3 aliphatic heterocycles. The van der Waals surface area contributed by atoms with Crippen LogP contribution < -0.4 is 15.5 Å². The van der Waals surface area contributed by atoms with Crippen molar-refractivity contribution in [1.82, 2.24) is 29.6 Å². The van der Waals surface area contributed by atoms with Crippen molar-refractivity contribution >= 4 is 29.1 Å². The van der Waals surface area contributed by atoms with Gasteiger partial charge in [-0.2, -0.15) is 0 Å². The maximum atomic E-state index is 13.5. The summed E-state index contributed by atoms with van der Waals surface area (Å²) in [6.07, 6.45) is 4.05. The Morgan fingerprint density at radius 3 is 2.09 bits per heavy atom. The minimum atomic E-state index is -0.362. The minimum Gasteiger partial charge on any atom is -0.377 e. The van der Waals surface area contributed by atoms with Crippen LogP contribution in [0.2, 0.25) is 0 Å². The Hall–Kier alpha value is -5.04. The van der Waals surface area contributed by atoms with Gasteiger partial charge in [-0.25, -0.2) is 4.98 Å². The number of carbonyl (C=O) groups is 3. The van der Waals surface area contributed by atoms with Crippen LogP contribution in [0.25, 0.3) is 0 Å². The number of carbonyl (C=O) groups excluding carboxylic acids is 3. The quantitative estimate of drug-likeness (QED) is 0.246. The smallest absolute Gasteiger partial charge is 0.287 e. The molecule has 2 N–H and O–H groups in total. The summed E-state index contributed by atoms with van der Waals surface area (Å²) in [6.45, 7) is 9.68. The van der Waals surface area contributed by atoms with Crippen LogP contribution in [0.4, 0.5) is 11.4 Å². The van der Waals surface area contributed by atoms with Crippen LogP contribution in [-0.2, 0) is 29.9 Å². The van der Waals surface area contributed by atoms with Gasteiger partial charge in [-0.3, -0.25) is 24.2 Å². The van der Waals surface area contributed by atoms with Gasteiger partial charge < -0.3 is 29.7 Å². The van der Waals surface area contributed by atoms with Gasteiger partial charge >= 0.3 is 0 Å². The molecule has 12 nitrogen and oxygen atoms in total. The molecule has 0 unspecified atom stereocenters. The lowest BCUT2D eigenvalue weighted by Gasteiger charge is -2.52. The Kier molecular flexibility index (Phi) is 9.99. The molecule has 0 radical (unpaired) electrons. The van der Waals surface area contributed by atoms with Gasteiger partial charge in [0.1, 0.15) is 5.54 Å². The fraction of sp³-hybridized carbons (Fsp3) is 0.429. The highest BCUT2D eigenvalue weighted by molar-refractivity contribution is 6.04. The molecular formula is C42H50N8O4. The SMILES string of the molecule is Cc1nc(C(=O)NCc2ccc(NC(=O)c3ccc(N4CCN(C5CCC5)CC4)cc3)cc2)n2c1C1(COC1)N(Cc1ccc(C(=O)N(C)C)cc1)CC2. The Labute approximate surface area is 317 Å². The number of amides is 3. The molecule has 54 heavy (non-hydrogen) atoms. The van der Waals surface area contributed by atoms with Crippen LogP contribution in [0, 0.1) is 6.92 Å². The van der Waals surface area contributed by atoms with Crippen molar-refractivity contribution in [3.05, 3.63) is 112 Å². The fourth-order valence-electron chi connectivity index (χ4n) is 8.30. The standard InChI is InChI=1S/C42H50N8O4/c1-29-37-42(27-54-28-42)49(26-31-7-11-33(12-8-31)41(53)46(2)3)23-24-50(37)38(44-29)40(52)43-25-30-9-15-34(16-10-30)45-39(51)32-13-17-36(18-14-32)48-21-19-47(20-22-48)35-5-4-6-35/h7-18,35H,4-6,19-28H2,1-3H3,(H,43,52)(H,45,51). The highest BCUT2D eigenvalue weighted by Gasteiger charge is 2.51. The van der Waals surface area contributed by atoms with E-state index < -0.39 is 0 Å². The van der Waals surface area contributed by atoms with Crippen molar-refractivity contribution in [3.8, 4) is 0 Å². The number of anilines is 2. The highest BCUT2D eigenvalue weighted by atomic mass is 16.5. The Morgan fingerprint density at radius 2 is 1.48 bits per heavy atom. The third-order valence-electron chi connectivity index (χ3n) is 11.7. The first kappa shape index (κ1) is 36.0. The van der Waals surface area contributed by atoms with E-state index in [2.05, 4.69) is 29.9 Å². The number of hydrogen-bond donors (Lipinski definition) is 2. The lowest BCUT2D eigenvalue weighted by atomic mass is 9.86. The van der Waals surface area contributed by atoms with E-state index in [-0.39, 0.29) is 23.3 Å². The molecule has 3 aromatic carbocycles. The normalized spacial score (nSPS) is 18.4. The third kappa shape index (κ3) is 7.01. The lowest BCUT2D eigenvalue weighted by Crippen LogP contribution is -2.63. The second kappa shape index (κ2) is 15.0. The van der Waals surface area contributed by atoms with Gasteiger partial charge in [0.05, 0.1) is 24.6 Å². The first-order chi connectivity index (χ1) is 26.2. The van der Waals surface area contributed by atoms with Gasteiger partial charge in [-0.15, -0.1) is 0 Å². The number of rotatable bonds is 10. The van der Waals surface area contributed by atoms with E-state index in [1.165, 1.54) is 19.3 Å². The lowest BCUT2D eigenvalue weighted by molar-refractivity contribution is -0.163. The van der Waals surface area contributed by atoms with Crippen LogP contribution in [0.15, 0.2) is 72.8 Å². The monoisotopic (exact) mass is 730 g/mol. The molecule has 3 amide bonds. The van der Waals surface area contributed by atoms with Crippen molar-refractivity contribution in [2.24, 2.45) is 0 Å². The van der Waals surface area contributed by atoms with E-state index in [1.807, 2.05) is 79.7 Å². The average Bonchev–Trinajstić information content (AvgIpc) is 3.49. The number of hydrogen-bond acceptors (Lipinski definition) is 8. The number of ether oxygens (including phenoxy) is 1. The van der Waals surface area contributed by atoms with E-state index in [1.54, 1.807) is 19.0 Å². The van der Waals surface area contributed by atoms with Crippen LogP contribution in [-0.4, -0.2) is 108 Å². The molecule has 0 atom stereocenters. The van der Waals surface area contributed by atoms with E-state index in [4.69, 9.17) is 9.72 Å². The molecule has 1 aliphatic carbocycles. The van der Waals surface area contributed by atoms with Crippen LogP contribution >= 0.6 is 0 Å². The van der Waals surface area contributed by atoms with E-state index >= 15 is 0 Å². The Morgan fingerprint density at radius 1 is 0.815 bits per heavy atom. The number of aromatic nitrogens is 2. The zero-order chi connectivity index (χ0) is 37.4. The molecule has 2 saturated heterocycles. The molecule has 0 bridgehead atoms. The maximum absolute atomic E-state index is 13.5. The first-order valence-corrected chi connectivity index (χ1v) is 19.2. The molecule has 4 aromatic rings. The molecule has 1 aromatic heterocycles. The summed E-state index contributed by atoms with van der Waals surface area (Å²) in [4.78, 5) is 52.8. The number of nitrogens with zero attached hydrogens (tertiary/aromatic N) is 6. The van der Waals surface area contributed by atoms with Crippen molar-refractivity contribution < 1.29 is 19.1 Å². The molecule has 12 heteroatoms. The molecule has 8 rings (SSSR count). The third-order valence-corrected chi connectivity index (χ3v) is 11.7. The van der Waals surface area contributed by atoms with Gasteiger partial charge in [-0.1, -0.05) is 30.7 Å². The van der Waals surface area contributed by atoms with E-state index in [0.29, 0.717) is 55.5 Å². The second-order valence-electron chi connectivity index (χ2n) is 15.4. The van der Waals surface area contributed by atoms with Crippen LogP contribution in [0.1, 0.15) is 73.1 Å². The number of benzene rings is 3. The van der Waals surface area contributed by atoms with Gasteiger partial charge in [0.2, 0.25) is 0 Å². The summed E-state index contributed by atoms with van der Waals surface area (Å²) in [7, 11) is 3.51. The summed E-state index contributed by atoms with van der Waals surface area (Å²) >= 11 is 0. The van der Waals surface area contributed by atoms with Crippen LogP contribution in [0.3, 0.4) is 0 Å². The van der Waals surface area contributed by atoms with Gasteiger partial charge in [0.25, 0.3) is 17.7 Å². The van der Waals surface area contributed by atoms with E-state index in [0.717, 1.165) is 67.0 Å². The molecule has 1 spiro atoms. The molecule has 1 saturated carbocycles. The fourth-order valence-corrected chi connectivity index (χ4v) is 8.30. The first-order valence-electron chi connectivity index (χ1n) is 19.2. The Bertz CT molecular complexity index is 1990. The van der Waals surface area contributed by atoms with E-state index in [9.17, 15) is 14.4 Å². The zero-order valence-corrected chi connectivity index (χ0v) is 31.5. The average molecular weight is 731 g/mol. The minimum absolute atomic E-state index is 0.0188. The molecule has 4 aliphatic rings. The molecule has 3 fully saturated rings. The number of piperazine rings is 1. The largest absolute Gasteiger partial charge is 0.377 e. The van der Waals surface area contributed by atoms with Crippen LogP contribution in [0.5, 0.6) is 0 Å². The Balaban J connectivity index is 0.850. The summed E-state index contributed by atoms with van der Waals surface area (Å²) in [6, 6.07) is 24.0. The highest BCUT2D eigenvalue weighted by Crippen LogP contribution is 2.42. The summed E-state index contributed by atoms with van der Waals surface area (Å²) in [5.41, 5.74) is 6.66. The number of fused-ring (bicyclic) bond motifs is 2. The summed E-state index contributed by atoms with van der Waals surface area (Å²) in [5.74, 6) is 0.00960. The predicted molar refractivity (Wildman–Crippen MR) is 208 cm³/mol. The zero-order valence-electron chi connectivity index (χ0n) is 31.5. The second-order valence-corrected chi connectivity index (χ2v) is 15.4. The molecular weight excluding hydrogens is 681 g/mol. The van der Waals surface area contributed by atoms with Gasteiger partial charge in [0, 0.05) is 95.0 Å². The molecule has 282 valence electrons. The topological polar surface area (TPSA) is 115 Å². The maximum Gasteiger partial charge on any atom is 0.287 e. The van der Waals surface area contributed by atoms with Gasteiger partial charge in [-0.05, 0) is 79.4 Å². The summed E-state index contributed by atoms with van der Waals surface area (Å²) in [5, 5.41) is 6.06. The summed E-state index contributed by atoms with van der Waals surface area (Å²) < 4.78 is 7.84. The van der Waals surface area contributed by atoms with Crippen molar-refractivity contribution in [2.45, 2.75) is 57.4 Å². The van der Waals surface area contributed by atoms with Crippen molar-refractivity contribution in [1.29, 1.82) is 0 Å². The number of aryl methyl sites for hydroxylation is 1. The van der Waals surface area contributed by atoms with Gasteiger partial charge in [0.15, 0.2) is 5.82 Å². The molecule has 4 heterocycles.